The number of imide groups is 1. The maximum Gasteiger partial charge on any atom is 0.325 e. The van der Waals surface area contributed by atoms with Gasteiger partial charge in [0.25, 0.3) is 5.91 Å². The molecule has 3 amide bonds. The number of urea groups is 1. The van der Waals surface area contributed by atoms with Crippen LogP contribution in [-0.2, 0) is 9.53 Å². The van der Waals surface area contributed by atoms with Crippen LogP contribution in [0.15, 0.2) is 6.07 Å². The zero-order valence-electron chi connectivity index (χ0n) is 15.6. The van der Waals surface area contributed by atoms with Crippen LogP contribution in [0, 0.1) is 13.8 Å². The monoisotopic (exact) mass is 379 g/mol. The third-order valence-corrected chi connectivity index (χ3v) is 6.39. The van der Waals surface area contributed by atoms with Crippen molar-refractivity contribution in [2.45, 2.75) is 38.8 Å². The number of aromatic nitrogens is 1. The van der Waals surface area contributed by atoms with Crippen molar-refractivity contribution in [3.63, 3.8) is 0 Å². The molecule has 2 fully saturated rings. The average molecular weight is 379 g/mol. The number of ether oxygens (including phenoxy) is 1. The van der Waals surface area contributed by atoms with Gasteiger partial charge in [-0.3, -0.25) is 14.5 Å². The zero-order chi connectivity index (χ0) is 19.1. The number of nitrogens with zero attached hydrogens (tertiary/aromatic N) is 2. The van der Waals surface area contributed by atoms with Crippen molar-refractivity contribution < 1.29 is 19.1 Å². The molecular formula is C18H25N3O4S. The Balaban J connectivity index is 1.80. The molecule has 1 N–H and O–H groups in total. The molecule has 2 aliphatic heterocycles. The van der Waals surface area contributed by atoms with Crippen molar-refractivity contribution in [2.75, 3.05) is 31.8 Å². The number of ketones is 1. The number of Topliss-reactive ketones (excluding diaryl/α,β-unsaturated/α-hetero) is 1. The third-order valence-electron chi connectivity index (χ3n) is 5.20. The zero-order valence-corrected chi connectivity index (χ0v) is 16.4. The highest BCUT2D eigenvalue weighted by Gasteiger charge is 2.53. The molecule has 3 heterocycles. The molecule has 0 bridgehead atoms. The van der Waals surface area contributed by atoms with E-state index in [1.54, 1.807) is 18.9 Å². The standard InChI is InChI=1S/C18H25N3O4S/c1-11-7-14(13(3)21(11)12(2)9-25-4)15(22)8-20-16(23)18(19-17(20)24)5-6-26-10-18/h7,12H,5-6,8-10H2,1-4H3,(H,19,24). The first kappa shape index (κ1) is 19.0. The lowest BCUT2D eigenvalue weighted by atomic mass is 9.99. The molecule has 0 saturated carbocycles. The Morgan fingerprint density at radius 3 is 2.77 bits per heavy atom. The fourth-order valence-corrected chi connectivity index (χ4v) is 5.26. The number of methoxy groups -OCH3 is 1. The van der Waals surface area contributed by atoms with E-state index in [2.05, 4.69) is 9.88 Å². The maximum atomic E-state index is 12.8. The minimum Gasteiger partial charge on any atom is -0.383 e. The van der Waals surface area contributed by atoms with Crippen molar-refractivity contribution in [2.24, 2.45) is 0 Å². The second kappa shape index (κ2) is 7.08. The van der Waals surface area contributed by atoms with Crippen LogP contribution in [0.5, 0.6) is 0 Å². The normalized spacial score (nSPS) is 23.8. The minimum absolute atomic E-state index is 0.0945. The van der Waals surface area contributed by atoms with Crippen molar-refractivity contribution in [1.82, 2.24) is 14.8 Å². The van der Waals surface area contributed by atoms with Gasteiger partial charge in [0.2, 0.25) is 0 Å². The molecule has 0 radical (unpaired) electrons. The summed E-state index contributed by atoms with van der Waals surface area (Å²) in [7, 11) is 1.64. The van der Waals surface area contributed by atoms with E-state index in [-0.39, 0.29) is 24.3 Å². The predicted molar refractivity (Wildman–Crippen MR) is 99.7 cm³/mol. The lowest BCUT2D eigenvalue weighted by Crippen LogP contribution is -2.47. The lowest BCUT2D eigenvalue weighted by molar-refractivity contribution is -0.130. The summed E-state index contributed by atoms with van der Waals surface area (Å²) in [6.45, 7) is 6.16. The summed E-state index contributed by atoms with van der Waals surface area (Å²) in [5, 5.41) is 2.79. The second-order valence-corrected chi connectivity index (χ2v) is 8.19. The molecule has 0 aliphatic carbocycles. The Hall–Kier alpha value is -1.80. The number of hydrogen-bond acceptors (Lipinski definition) is 5. The molecule has 2 aliphatic rings. The van der Waals surface area contributed by atoms with Crippen LogP contribution in [0.4, 0.5) is 4.79 Å². The van der Waals surface area contributed by atoms with Gasteiger partial charge in [-0.25, -0.2) is 4.79 Å². The molecule has 2 unspecified atom stereocenters. The van der Waals surface area contributed by atoms with E-state index in [0.29, 0.717) is 24.3 Å². The number of thioether (sulfide) groups is 1. The van der Waals surface area contributed by atoms with Gasteiger partial charge in [0.05, 0.1) is 19.2 Å². The average Bonchev–Trinajstić information content (AvgIpc) is 3.22. The van der Waals surface area contributed by atoms with Gasteiger partial charge in [0.1, 0.15) is 5.54 Å². The quantitative estimate of drug-likeness (QED) is 0.603. The largest absolute Gasteiger partial charge is 0.383 e. The van der Waals surface area contributed by atoms with Crippen molar-refractivity contribution in [3.8, 4) is 0 Å². The van der Waals surface area contributed by atoms with E-state index in [0.717, 1.165) is 22.0 Å². The van der Waals surface area contributed by atoms with E-state index in [1.165, 1.54) is 0 Å². The summed E-state index contributed by atoms with van der Waals surface area (Å²) in [6, 6.07) is 1.45. The van der Waals surface area contributed by atoms with E-state index >= 15 is 0 Å². The molecule has 1 spiro atoms. The summed E-state index contributed by atoms with van der Waals surface area (Å²) in [5.74, 6) is 0.917. The number of carbonyl (C=O) groups excluding carboxylic acids is 3. The van der Waals surface area contributed by atoms with Gasteiger partial charge in [0, 0.05) is 29.8 Å². The molecular weight excluding hydrogens is 354 g/mol. The van der Waals surface area contributed by atoms with Crippen molar-refractivity contribution >= 4 is 29.5 Å². The fourth-order valence-electron chi connectivity index (χ4n) is 3.93. The van der Waals surface area contributed by atoms with Crippen LogP contribution >= 0.6 is 11.8 Å². The Labute approximate surface area is 157 Å². The Bertz CT molecular complexity index is 752. The fraction of sp³-hybridized carbons (Fsp3) is 0.611. The first-order chi connectivity index (χ1) is 12.3. The molecule has 2 atom stereocenters. The van der Waals surface area contributed by atoms with Gasteiger partial charge in [-0.05, 0) is 39.0 Å². The summed E-state index contributed by atoms with van der Waals surface area (Å²) in [6.07, 6.45) is 0.621. The van der Waals surface area contributed by atoms with Gasteiger partial charge in [-0.2, -0.15) is 11.8 Å². The second-order valence-electron chi connectivity index (χ2n) is 7.09. The molecule has 142 valence electrons. The molecule has 1 aromatic heterocycles. The molecule has 8 heteroatoms. The SMILES string of the molecule is COCC(C)n1c(C)cc(C(=O)CN2C(=O)NC3(CCSC3)C2=O)c1C. The number of rotatable bonds is 6. The maximum absolute atomic E-state index is 12.8. The Morgan fingerprint density at radius 2 is 2.15 bits per heavy atom. The van der Waals surface area contributed by atoms with Gasteiger partial charge < -0.3 is 14.6 Å². The number of carbonyl (C=O) groups is 3. The van der Waals surface area contributed by atoms with Crippen LogP contribution < -0.4 is 5.32 Å². The van der Waals surface area contributed by atoms with Crippen LogP contribution in [0.2, 0.25) is 0 Å². The van der Waals surface area contributed by atoms with Crippen LogP contribution in [0.25, 0.3) is 0 Å². The third kappa shape index (κ3) is 3.05. The molecule has 26 heavy (non-hydrogen) atoms. The lowest BCUT2D eigenvalue weighted by Gasteiger charge is -2.19. The highest BCUT2D eigenvalue weighted by molar-refractivity contribution is 7.99. The van der Waals surface area contributed by atoms with E-state index in [1.807, 2.05) is 26.8 Å². The summed E-state index contributed by atoms with van der Waals surface area (Å²) >= 11 is 1.65. The summed E-state index contributed by atoms with van der Waals surface area (Å²) in [4.78, 5) is 38.9. The van der Waals surface area contributed by atoms with Crippen molar-refractivity contribution in [3.05, 3.63) is 23.0 Å². The van der Waals surface area contributed by atoms with Gasteiger partial charge >= 0.3 is 6.03 Å². The Kier molecular flexibility index (Phi) is 5.16. The smallest absolute Gasteiger partial charge is 0.325 e. The number of amides is 3. The molecule has 1 aromatic rings. The highest BCUT2D eigenvalue weighted by atomic mass is 32.2. The van der Waals surface area contributed by atoms with E-state index < -0.39 is 11.6 Å². The van der Waals surface area contributed by atoms with Gasteiger partial charge in [-0.1, -0.05) is 0 Å². The Morgan fingerprint density at radius 1 is 1.42 bits per heavy atom. The predicted octanol–water partition coefficient (Wildman–Crippen LogP) is 1.92. The van der Waals surface area contributed by atoms with Gasteiger partial charge in [0.15, 0.2) is 5.78 Å². The first-order valence-electron chi connectivity index (χ1n) is 8.73. The van der Waals surface area contributed by atoms with Crippen LogP contribution in [0.1, 0.15) is 41.1 Å². The van der Waals surface area contributed by atoms with Crippen LogP contribution in [-0.4, -0.2) is 64.5 Å². The van der Waals surface area contributed by atoms with Crippen molar-refractivity contribution in [1.29, 1.82) is 0 Å². The van der Waals surface area contributed by atoms with E-state index in [9.17, 15) is 14.4 Å². The number of nitrogens with one attached hydrogen (secondary N) is 1. The van der Waals surface area contributed by atoms with Gasteiger partial charge in [-0.15, -0.1) is 0 Å². The summed E-state index contributed by atoms with van der Waals surface area (Å²) < 4.78 is 7.27. The number of aryl methyl sites for hydroxylation is 1. The number of hydrogen-bond donors (Lipinski definition) is 1. The first-order valence-corrected chi connectivity index (χ1v) is 9.88. The molecule has 7 nitrogen and oxygen atoms in total. The molecule has 3 rings (SSSR count). The summed E-state index contributed by atoms with van der Waals surface area (Å²) in [5.41, 5.74) is 1.52. The van der Waals surface area contributed by atoms with E-state index in [4.69, 9.17) is 4.74 Å². The molecule has 0 aromatic carbocycles. The van der Waals surface area contributed by atoms with Crippen LogP contribution in [0.3, 0.4) is 0 Å². The molecule has 2 saturated heterocycles. The topological polar surface area (TPSA) is 80.6 Å². The highest BCUT2D eigenvalue weighted by Crippen LogP contribution is 2.33. The minimum atomic E-state index is -0.814.